The molecule has 184 valence electrons. The fourth-order valence-corrected chi connectivity index (χ4v) is 4.35. The number of halogens is 2. The Morgan fingerprint density at radius 1 is 1.03 bits per heavy atom. The van der Waals surface area contributed by atoms with Crippen molar-refractivity contribution in [1.29, 1.82) is 0 Å². The lowest BCUT2D eigenvalue weighted by atomic mass is 10.0. The molecule has 1 atom stereocenters. The van der Waals surface area contributed by atoms with E-state index in [0.29, 0.717) is 23.7 Å². The minimum Gasteiger partial charge on any atom is -0.482 e. The summed E-state index contributed by atoms with van der Waals surface area (Å²) < 4.78 is 6.59. The van der Waals surface area contributed by atoms with E-state index in [2.05, 4.69) is 21.2 Å². The van der Waals surface area contributed by atoms with Crippen LogP contribution in [0.1, 0.15) is 30.0 Å². The zero-order chi connectivity index (χ0) is 25.2. The topological polar surface area (TPSA) is 58.6 Å². The van der Waals surface area contributed by atoms with E-state index in [-0.39, 0.29) is 25.0 Å². The van der Waals surface area contributed by atoms with Gasteiger partial charge in [0.1, 0.15) is 11.8 Å². The van der Waals surface area contributed by atoms with Gasteiger partial charge in [-0.05, 0) is 42.7 Å². The SMILES string of the molecule is CCCNC(=O)[C@H](Cc1ccccc1)N(Cc1ccc(C)cc1)C(=O)COc1ccc(Br)cc1Cl. The van der Waals surface area contributed by atoms with E-state index in [4.69, 9.17) is 16.3 Å². The van der Waals surface area contributed by atoms with Crippen molar-refractivity contribution in [3.63, 3.8) is 0 Å². The summed E-state index contributed by atoms with van der Waals surface area (Å²) in [5.74, 6) is -0.0662. The predicted octanol–water partition coefficient (Wildman–Crippen LogP) is 5.96. The first-order valence-corrected chi connectivity index (χ1v) is 12.8. The number of nitrogens with one attached hydrogen (secondary N) is 1. The summed E-state index contributed by atoms with van der Waals surface area (Å²) in [5.41, 5.74) is 3.04. The second-order valence-electron chi connectivity index (χ2n) is 8.37. The van der Waals surface area contributed by atoms with Gasteiger partial charge in [0.05, 0.1) is 5.02 Å². The first-order chi connectivity index (χ1) is 16.9. The molecule has 0 aliphatic heterocycles. The summed E-state index contributed by atoms with van der Waals surface area (Å²) in [5, 5.41) is 3.37. The van der Waals surface area contributed by atoms with Crippen molar-refractivity contribution in [2.75, 3.05) is 13.2 Å². The zero-order valence-corrected chi connectivity index (χ0v) is 22.3. The summed E-state index contributed by atoms with van der Waals surface area (Å²) in [4.78, 5) is 28.4. The summed E-state index contributed by atoms with van der Waals surface area (Å²) in [6, 6.07) is 22.2. The van der Waals surface area contributed by atoms with Gasteiger partial charge in [-0.25, -0.2) is 0 Å². The van der Waals surface area contributed by atoms with Gasteiger partial charge in [-0.15, -0.1) is 0 Å². The van der Waals surface area contributed by atoms with Crippen LogP contribution in [-0.4, -0.2) is 35.9 Å². The summed E-state index contributed by atoms with van der Waals surface area (Å²) in [6.45, 7) is 4.60. The van der Waals surface area contributed by atoms with Gasteiger partial charge >= 0.3 is 0 Å². The molecule has 0 heterocycles. The number of nitrogens with zero attached hydrogens (tertiary/aromatic N) is 1. The third kappa shape index (κ3) is 8.11. The first-order valence-electron chi connectivity index (χ1n) is 11.6. The number of hydrogen-bond donors (Lipinski definition) is 1. The molecule has 5 nitrogen and oxygen atoms in total. The van der Waals surface area contributed by atoms with Gasteiger partial charge in [-0.1, -0.05) is 94.6 Å². The van der Waals surface area contributed by atoms with Gasteiger partial charge in [0.15, 0.2) is 6.61 Å². The van der Waals surface area contributed by atoms with Gasteiger partial charge in [0, 0.05) is 24.0 Å². The number of ether oxygens (including phenoxy) is 1. The Morgan fingerprint density at radius 2 is 1.74 bits per heavy atom. The normalized spacial score (nSPS) is 11.5. The average molecular weight is 558 g/mol. The standard InChI is InChI=1S/C28H30BrClN2O3/c1-3-15-31-28(34)25(16-21-7-5-4-6-8-21)32(18-22-11-9-20(2)10-12-22)27(33)19-35-26-14-13-23(29)17-24(26)30/h4-14,17,25H,3,15-16,18-19H2,1-2H3,(H,31,34)/t25-/m0/s1. The number of benzene rings is 3. The molecule has 2 amide bonds. The summed E-state index contributed by atoms with van der Waals surface area (Å²) in [6.07, 6.45) is 1.20. The number of carbonyl (C=O) groups excluding carboxylic acids is 2. The van der Waals surface area contributed by atoms with Crippen LogP contribution >= 0.6 is 27.5 Å². The maximum atomic E-state index is 13.5. The van der Waals surface area contributed by atoms with Crippen LogP contribution in [0, 0.1) is 6.92 Å². The minimum atomic E-state index is -0.693. The van der Waals surface area contributed by atoms with Crippen molar-refractivity contribution in [2.45, 2.75) is 39.3 Å². The maximum absolute atomic E-state index is 13.5. The molecule has 1 N–H and O–H groups in total. The van der Waals surface area contributed by atoms with Crippen molar-refractivity contribution < 1.29 is 14.3 Å². The molecule has 0 bridgehead atoms. The van der Waals surface area contributed by atoms with Crippen molar-refractivity contribution >= 4 is 39.3 Å². The Bertz CT molecular complexity index is 1120. The molecule has 0 spiro atoms. The van der Waals surface area contributed by atoms with Crippen molar-refractivity contribution in [3.05, 3.63) is 99.0 Å². The molecule has 35 heavy (non-hydrogen) atoms. The van der Waals surface area contributed by atoms with Gasteiger partial charge in [0.2, 0.25) is 5.91 Å². The lowest BCUT2D eigenvalue weighted by Crippen LogP contribution is -2.51. The van der Waals surface area contributed by atoms with Gasteiger partial charge < -0.3 is 15.0 Å². The predicted molar refractivity (Wildman–Crippen MR) is 144 cm³/mol. The molecular formula is C28H30BrClN2O3. The average Bonchev–Trinajstić information content (AvgIpc) is 2.85. The maximum Gasteiger partial charge on any atom is 0.261 e. The van der Waals surface area contributed by atoms with Crippen LogP contribution in [0.4, 0.5) is 0 Å². The molecule has 7 heteroatoms. The molecular weight excluding hydrogens is 528 g/mol. The highest BCUT2D eigenvalue weighted by Gasteiger charge is 2.30. The van der Waals surface area contributed by atoms with Crippen molar-refractivity contribution in [3.8, 4) is 5.75 Å². The van der Waals surface area contributed by atoms with Crippen LogP contribution in [0.5, 0.6) is 5.75 Å². The molecule has 0 aliphatic carbocycles. The molecule has 3 aromatic carbocycles. The number of amides is 2. The molecule has 0 radical (unpaired) electrons. The van der Waals surface area contributed by atoms with Crippen LogP contribution in [0.3, 0.4) is 0 Å². The van der Waals surface area contributed by atoms with Crippen LogP contribution in [0.15, 0.2) is 77.3 Å². The smallest absolute Gasteiger partial charge is 0.261 e. The highest BCUT2D eigenvalue weighted by Crippen LogP contribution is 2.28. The Hall–Kier alpha value is -2.83. The Kier molecular flexibility index (Phi) is 10.2. The fraction of sp³-hybridized carbons (Fsp3) is 0.286. The second-order valence-corrected chi connectivity index (χ2v) is 9.69. The third-order valence-corrected chi connectivity index (χ3v) is 6.33. The van der Waals surface area contributed by atoms with Crippen LogP contribution in [0.25, 0.3) is 0 Å². The van der Waals surface area contributed by atoms with E-state index < -0.39 is 6.04 Å². The van der Waals surface area contributed by atoms with E-state index >= 15 is 0 Å². The zero-order valence-electron chi connectivity index (χ0n) is 20.0. The van der Waals surface area contributed by atoms with Crippen LogP contribution in [0.2, 0.25) is 5.02 Å². The molecule has 3 rings (SSSR count). The quantitative estimate of drug-likeness (QED) is 0.317. The molecule has 0 saturated heterocycles. The van der Waals surface area contributed by atoms with Gasteiger partial charge in [-0.3, -0.25) is 9.59 Å². The van der Waals surface area contributed by atoms with Crippen LogP contribution < -0.4 is 10.1 Å². The summed E-state index contributed by atoms with van der Waals surface area (Å²) >= 11 is 9.64. The third-order valence-electron chi connectivity index (χ3n) is 5.54. The van der Waals surface area contributed by atoms with Gasteiger partial charge in [-0.2, -0.15) is 0 Å². The summed E-state index contributed by atoms with van der Waals surface area (Å²) in [7, 11) is 0. The number of rotatable bonds is 11. The number of aryl methyl sites for hydroxylation is 1. The highest BCUT2D eigenvalue weighted by atomic mass is 79.9. The first kappa shape index (κ1) is 26.8. The lowest BCUT2D eigenvalue weighted by Gasteiger charge is -2.31. The molecule has 0 unspecified atom stereocenters. The van der Waals surface area contributed by atoms with E-state index in [9.17, 15) is 9.59 Å². The molecule has 0 fully saturated rings. The van der Waals surface area contributed by atoms with Gasteiger partial charge in [0.25, 0.3) is 5.91 Å². The molecule has 0 aromatic heterocycles. The molecule has 3 aromatic rings. The highest BCUT2D eigenvalue weighted by molar-refractivity contribution is 9.10. The Morgan fingerprint density at radius 3 is 2.40 bits per heavy atom. The lowest BCUT2D eigenvalue weighted by molar-refractivity contribution is -0.142. The molecule has 0 aliphatic rings. The fourth-order valence-electron chi connectivity index (χ4n) is 3.62. The number of hydrogen-bond acceptors (Lipinski definition) is 3. The van der Waals surface area contributed by atoms with E-state index in [0.717, 1.165) is 27.6 Å². The molecule has 0 saturated carbocycles. The monoisotopic (exact) mass is 556 g/mol. The van der Waals surface area contributed by atoms with E-state index in [1.807, 2.05) is 68.4 Å². The Labute approximate surface area is 220 Å². The van der Waals surface area contributed by atoms with Crippen molar-refractivity contribution in [2.24, 2.45) is 0 Å². The second kappa shape index (κ2) is 13.3. The minimum absolute atomic E-state index is 0.183. The van der Waals surface area contributed by atoms with E-state index in [1.54, 1.807) is 23.1 Å². The Balaban J connectivity index is 1.89. The van der Waals surface area contributed by atoms with Crippen LogP contribution in [-0.2, 0) is 22.6 Å². The van der Waals surface area contributed by atoms with Crippen molar-refractivity contribution in [1.82, 2.24) is 10.2 Å². The largest absolute Gasteiger partial charge is 0.482 e. The number of carbonyl (C=O) groups is 2. The van der Waals surface area contributed by atoms with E-state index in [1.165, 1.54) is 0 Å².